The van der Waals surface area contributed by atoms with E-state index < -0.39 is 0 Å². The smallest absolute Gasteiger partial charge is 0.339 e. The molecule has 0 bridgehead atoms. The van der Waals surface area contributed by atoms with Gasteiger partial charge in [0.1, 0.15) is 0 Å². The van der Waals surface area contributed by atoms with E-state index in [1.54, 1.807) is 0 Å². The molecular formula is C15H21NO3. The third kappa shape index (κ3) is 3.32. The Labute approximate surface area is 114 Å². The van der Waals surface area contributed by atoms with Gasteiger partial charge in [-0.1, -0.05) is 13.3 Å². The number of carbonyl (C=O) groups is 1. The molecule has 0 spiro atoms. The Kier molecular flexibility index (Phi) is 4.91. The van der Waals surface area contributed by atoms with Gasteiger partial charge < -0.3 is 9.47 Å². The summed E-state index contributed by atoms with van der Waals surface area (Å²) >= 11 is 0. The molecule has 1 saturated heterocycles. The summed E-state index contributed by atoms with van der Waals surface area (Å²) in [6.45, 7) is 5.83. The molecule has 1 aromatic heterocycles. The zero-order valence-electron chi connectivity index (χ0n) is 11.6. The van der Waals surface area contributed by atoms with Crippen molar-refractivity contribution in [3.8, 4) is 0 Å². The number of esters is 1. The Hall–Kier alpha value is -1.42. The lowest BCUT2D eigenvalue weighted by Gasteiger charge is -2.12. The van der Waals surface area contributed by atoms with Crippen LogP contribution in [0.25, 0.3) is 0 Å². The molecule has 1 unspecified atom stereocenters. The van der Waals surface area contributed by atoms with Gasteiger partial charge in [0.25, 0.3) is 0 Å². The highest BCUT2D eigenvalue weighted by Gasteiger charge is 2.21. The van der Waals surface area contributed by atoms with Crippen molar-refractivity contribution < 1.29 is 14.3 Å². The van der Waals surface area contributed by atoms with Crippen LogP contribution >= 0.6 is 0 Å². The van der Waals surface area contributed by atoms with Crippen LogP contribution in [0.2, 0.25) is 0 Å². The van der Waals surface area contributed by atoms with Gasteiger partial charge in [0.05, 0.1) is 24.5 Å². The monoisotopic (exact) mass is 263 g/mol. The number of aryl methyl sites for hydroxylation is 1. The predicted molar refractivity (Wildman–Crippen MR) is 72.4 cm³/mol. The molecule has 19 heavy (non-hydrogen) atoms. The van der Waals surface area contributed by atoms with Gasteiger partial charge >= 0.3 is 5.97 Å². The summed E-state index contributed by atoms with van der Waals surface area (Å²) in [5, 5.41) is 0. The van der Waals surface area contributed by atoms with Gasteiger partial charge in [0, 0.05) is 18.2 Å². The zero-order chi connectivity index (χ0) is 13.7. The van der Waals surface area contributed by atoms with Crippen LogP contribution in [0.1, 0.15) is 54.4 Å². The highest BCUT2D eigenvalue weighted by atomic mass is 16.5. The number of hydrogen-bond acceptors (Lipinski definition) is 4. The molecule has 1 fully saturated rings. The molecule has 1 atom stereocenters. The van der Waals surface area contributed by atoms with Crippen molar-refractivity contribution in [2.75, 3.05) is 19.8 Å². The first-order valence-electron chi connectivity index (χ1n) is 7.01. The molecule has 1 aliphatic rings. The number of rotatable bonds is 5. The van der Waals surface area contributed by atoms with Crippen LogP contribution in [0.15, 0.2) is 12.1 Å². The molecule has 0 aromatic carbocycles. The van der Waals surface area contributed by atoms with Crippen molar-refractivity contribution >= 4 is 5.97 Å². The quantitative estimate of drug-likeness (QED) is 0.766. The topological polar surface area (TPSA) is 48.4 Å². The molecule has 0 N–H and O–H groups in total. The van der Waals surface area contributed by atoms with Crippen LogP contribution in [0, 0.1) is 0 Å². The van der Waals surface area contributed by atoms with E-state index in [4.69, 9.17) is 9.47 Å². The highest BCUT2D eigenvalue weighted by molar-refractivity contribution is 5.90. The number of hydrogen-bond donors (Lipinski definition) is 0. The lowest BCUT2D eigenvalue weighted by Crippen LogP contribution is -2.12. The fraction of sp³-hybridized carbons (Fsp3) is 0.600. The van der Waals surface area contributed by atoms with E-state index in [2.05, 4.69) is 11.9 Å². The van der Waals surface area contributed by atoms with Crippen LogP contribution in [0.5, 0.6) is 0 Å². The average molecular weight is 263 g/mol. The highest BCUT2D eigenvalue weighted by Crippen LogP contribution is 2.25. The Morgan fingerprint density at radius 3 is 2.95 bits per heavy atom. The molecule has 0 aliphatic carbocycles. The van der Waals surface area contributed by atoms with Crippen LogP contribution in [-0.4, -0.2) is 30.8 Å². The minimum absolute atomic E-state index is 0.271. The molecule has 1 aromatic rings. The minimum atomic E-state index is -0.271. The van der Waals surface area contributed by atoms with Crippen LogP contribution in [0.3, 0.4) is 0 Å². The molecule has 0 radical (unpaired) electrons. The number of pyridine rings is 1. The Morgan fingerprint density at radius 2 is 2.32 bits per heavy atom. The van der Waals surface area contributed by atoms with Crippen molar-refractivity contribution in [3.63, 3.8) is 0 Å². The van der Waals surface area contributed by atoms with Gasteiger partial charge in [-0.2, -0.15) is 0 Å². The summed E-state index contributed by atoms with van der Waals surface area (Å²) in [5.41, 5.74) is 2.49. The van der Waals surface area contributed by atoms with Crippen LogP contribution in [0.4, 0.5) is 0 Å². The molecule has 1 aliphatic heterocycles. The van der Waals surface area contributed by atoms with Crippen molar-refractivity contribution in [1.29, 1.82) is 0 Å². The first-order chi connectivity index (χ1) is 9.26. The van der Waals surface area contributed by atoms with E-state index in [0.29, 0.717) is 18.1 Å². The van der Waals surface area contributed by atoms with E-state index in [9.17, 15) is 4.79 Å². The Bertz CT molecular complexity index is 439. The summed E-state index contributed by atoms with van der Waals surface area (Å²) < 4.78 is 10.5. The van der Waals surface area contributed by atoms with Crippen molar-refractivity contribution in [2.24, 2.45) is 0 Å². The van der Waals surface area contributed by atoms with Gasteiger partial charge in [-0.25, -0.2) is 4.79 Å². The molecule has 2 heterocycles. The lowest BCUT2D eigenvalue weighted by molar-refractivity contribution is 0.0524. The second-order valence-corrected chi connectivity index (χ2v) is 4.76. The van der Waals surface area contributed by atoms with Gasteiger partial charge in [-0.3, -0.25) is 4.98 Å². The third-order valence-electron chi connectivity index (χ3n) is 3.33. The fourth-order valence-corrected chi connectivity index (χ4v) is 2.34. The van der Waals surface area contributed by atoms with Gasteiger partial charge in [0.2, 0.25) is 0 Å². The largest absolute Gasteiger partial charge is 0.462 e. The van der Waals surface area contributed by atoms with Gasteiger partial charge in [-0.05, 0) is 31.9 Å². The van der Waals surface area contributed by atoms with Crippen molar-refractivity contribution in [1.82, 2.24) is 4.98 Å². The lowest BCUT2D eigenvalue weighted by atomic mass is 10.0. The molecule has 104 valence electrons. The van der Waals surface area contributed by atoms with Crippen LogP contribution in [-0.2, 0) is 15.9 Å². The van der Waals surface area contributed by atoms with Gasteiger partial charge in [0.15, 0.2) is 0 Å². The fourth-order valence-electron chi connectivity index (χ4n) is 2.34. The van der Waals surface area contributed by atoms with E-state index in [1.165, 1.54) is 0 Å². The van der Waals surface area contributed by atoms with E-state index in [-0.39, 0.29) is 5.97 Å². The summed E-state index contributed by atoms with van der Waals surface area (Å²) in [6, 6.07) is 3.79. The summed E-state index contributed by atoms with van der Waals surface area (Å²) in [4.78, 5) is 16.6. The molecule has 4 nitrogen and oxygen atoms in total. The van der Waals surface area contributed by atoms with E-state index >= 15 is 0 Å². The van der Waals surface area contributed by atoms with Crippen molar-refractivity contribution in [2.45, 2.75) is 39.0 Å². The summed E-state index contributed by atoms with van der Waals surface area (Å²) in [5.74, 6) is 0.0968. The summed E-state index contributed by atoms with van der Waals surface area (Å²) in [7, 11) is 0. The van der Waals surface area contributed by atoms with E-state index in [0.717, 1.165) is 43.9 Å². The maximum atomic E-state index is 11.9. The maximum Gasteiger partial charge on any atom is 0.339 e. The standard InChI is InChI=1S/C15H21NO3/c1-3-5-14-12(15(17)19-4-2)6-7-13(16-14)11-8-9-18-10-11/h6-7,11H,3-5,8-10H2,1-2H3. The summed E-state index contributed by atoms with van der Waals surface area (Å²) in [6.07, 6.45) is 2.77. The number of ether oxygens (including phenoxy) is 2. The molecule has 4 heteroatoms. The third-order valence-corrected chi connectivity index (χ3v) is 3.33. The number of aromatic nitrogens is 1. The van der Waals surface area contributed by atoms with Crippen LogP contribution < -0.4 is 0 Å². The van der Waals surface area contributed by atoms with E-state index in [1.807, 2.05) is 19.1 Å². The average Bonchev–Trinajstić information content (AvgIpc) is 2.93. The second-order valence-electron chi connectivity index (χ2n) is 4.76. The van der Waals surface area contributed by atoms with Crippen molar-refractivity contribution in [3.05, 3.63) is 29.1 Å². The second kappa shape index (κ2) is 6.66. The molecule has 0 amide bonds. The SMILES string of the molecule is CCCc1nc(C2CCOC2)ccc1C(=O)OCC. The minimum Gasteiger partial charge on any atom is -0.462 e. The van der Waals surface area contributed by atoms with Gasteiger partial charge in [-0.15, -0.1) is 0 Å². The Morgan fingerprint density at radius 1 is 1.47 bits per heavy atom. The first-order valence-corrected chi connectivity index (χ1v) is 7.01. The Balaban J connectivity index is 2.26. The molecule has 0 saturated carbocycles. The normalized spacial score (nSPS) is 18.5. The molecular weight excluding hydrogens is 242 g/mol. The number of nitrogens with zero attached hydrogens (tertiary/aromatic N) is 1. The number of carbonyl (C=O) groups excluding carboxylic acids is 1. The first kappa shape index (κ1) is 14.0. The molecule has 2 rings (SSSR count). The predicted octanol–water partition coefficient (Wildman–Crippen LogP) is 2.71. The maximum absolute atomic E-state index is 11.9. The zero-order valence-corrected chi connectivity index (χ0v) is 11.6.